The van der Waals surface area contributed by atoms with Crippen molar-refractivity contribution in [2.45, 2.75) is 80.4 Å². The number of nitrogens with one attached hydrogen (secondary N) is 2. The van der Waals surface area contributed by atoms with Crippen LogP contribution in [0.3, 0.4) is 0 Å². The fraction of sp³-hybridized carbons (Fsp3) is 0.467. The average Bonchev–Trinajstić information content (AvgIpc) is 2.88. The fourth-order valence-electron chi connectivity index (χ4n) is 3.89. The van der Waals surface area contributed by atoms with Crippen LogP contribution in [0.1, 0.15) is 77.6 Å². The maximum Gasteiger partial charge on any atom is 0.221 e. The SMILES string of the molecule is CC(=O)Nc1cc(C)c(C(=O)CBr)cc1C.CC(=O)Nc1cc(C)c(C(=O)CBr)cc1C.CC[SiH](CC)CC. The zero-order valence-electron chi connectivity index (χ0n) is 24.8. The second-order valence-corrected chi connectivity index (χ2v) is 14.8. The van der Waals surface area contributed by atoms with E-state index in [-0.39, 0.29) is 32.2 Å². The molecular formula is C30H44Br2N2O4Si. The number of anilines is 2. The Balaban J connectivity index is 0.000000600. The minimum Gasteiger partial charge on any atom is -0.326 e. The summed E-state index contributed by atoms with van der Waals surface area (Å²) in [4.78, 5) is 45.1. The van der Waals surface area contributed by atoms with Crippen LogP contribution < -0.4 is 10.6 Å². The first-order valence-corrected chi connectivity index (χ1v) is 17.9. The van der Waals surface area contributed by atoms with Gasteiger partial charge in [0.1, 0.15) is 0 Å². The van der Waals surface area contributed by atoms with Crippen molar-refractivity contribution in [2.24, 2.45) is 0 Å². The standard InChI is InChI=1S/2C12H14BrNO2.C6H16Si/c2*1-7-5-11(14-9(3)15)8(2)4-10(7)12(16)6-13;1-4-7(5-2)6-3/h2*4-5H,6H2,1-3H3,(H,14,15);7H,4-6H2,1-3H3. The number of hydrogen-bond donors (Lipinski definition) is 2. The lowest BCUT2D eigenvalue weighted by atomic mass is 10.0. The van der Waals surface area contributed by atoms with Gasteiger partial charge in [-0.1, -0.05) is 70.8 Å². The van der Waals surface area contributed by atoms with Crippen LogP contribution in [0.4, 0.5) is 11.4 Å². The van der Waals surface area contributed by atoms with Gasteiger partial charge in [0.05, 0.1) is 10.7 Å². The largest absolute Gasteiger partial charge is 0.326 e. The molecule has 0 aliphatic carbocycles. The first-order valence-electron chi connectivity index (χ1n) is 13.2. The van der Waals surface area contributed by atoms with E-state index in [1.54, 1.807) is 0 Å². The molecule has 9 heteroatoms. The maximum atomic E-state index is 11.6. The highest BCUT2D eigenvalue weighted by Gasteiger charge is 2.12. The van der Waals surface area contributed by atoms with Crippen LogP contribution in [0, 0.1) is 27.7 Å². The summed E-state index contributed by atoms with van der Waals surface area (Å²) in [6.07, 6.45) is 0. The summed E-state index contributed by atoms with van der Waals surface area (Å²) in [5.41, 5.74) is 6.45. The van der Waals surface area contributed by atoms with Crippen molar-refractivity contribution in [3.05, 3.63) is 57.6 Å². The van der Waals surface area contributed by atoms with Crippen LogP contribution in [0.2, 0.25) is 18.1 Å². The molecule has 0 aromatic heterocycles. The Morgan fingerprint density at radius 2 is 0.923 bits per heavy atom. The third-order valence-corrected chi connectivity index (χ3v) is 10.8. The Labute approximate surface area is 253 Å². The topological polar surface area (TPSA) is 92.3 Å². The van der Waals surface area contributed by atoms with Gasteiger partial charge in [-0.3, -0.25) is 19.2 Å². The van der Waals surface area contributed by atoms with E-state index >= 15 is 0 Å². The number of benzene rings is 2. The molecule has 216 valence electrons. The molecule has 0 bridgehead atoms. The van der Waals surface area contributed by atoms with Crippen LogP contribution >= 0.6 is 31.9 Å². The molecule has 0 saturated heterocycles. The minimum atomic E-state index is -0.171. The molecule has 0 aliphatic rings. The van der Waals surface area contributed by atoms with E-state index in [1.165, 1.54) is 32.0 Å². The third kappa shape index (κ3) is 13.2. The smallest absolute Gasteiger partial charge is 0.221 e. The number of carbonyl (C=O) groups is 4. The second kappa shape index (κ2) is 19.1. The Morgan fingerprint density at radius 1 is 0.615 bits per heavy atom. The number of amides is 2. The van der Waals surface area contributed by atoms with Gasteiger partial charge in [-0.05, 0) is 74.2 Å². The summed E-state index contributed by atoms with van der Waals surface area (Å²) in [7, 11) is -0.171. The maximum absolute atomic E-state index is 11.6. The van der Waals surface area contributed by atoms with Gasteiger partial charge < -0.3 is 10.6 Å². The van der Waals surface area contributed by atoms with E-state index in [0.29, 0.717) is 21.8 Å². The summed E-state index contributed by atoms with van der Waals surface area (Å²) in [5, 5.41) is 6.10. The fourth-order valence-corrected chi connectivity index (χ4v) is 6.23. The predicted molar refractivity (Wildman–Crippen MR) is 175 cm³/mol. The lowest BCUT2D eigenvalue weighted by molar-refractivity contribution is -0.115. The molecular weight excluding hydrogens is 640 g/mol. The van der Waals surface area contributed by atoms with Crippen LogP contribution in [0.5, 0.6) is 0 Å². The number of hydrogen-bond acceptors (Lipinski definition) is 4. The Kier molecular flexibility index (Phi) is 18.0. The van der Waals surface area contributed by atoms with E-state index < -0.39 is 0 Å². The molecule has 2 aromatic rings. The second-order valence-electron chi connectivity index (χ2n) is 9.53. The first kappa shape index (κ1) is 36.9. The molecule has 2 aromatic carbocycles. The summed E-state index contributed by atoms with van der Waals surface area (Å²) in [5.74, 6) is -0.117. The van der Waals surface area contributed by atoms with Crippen LogP contribution in [0.15, 0.2) is 24.3 Å². The molecule has 2 N–H and O–H groups in total. The lowest BCUT2D eigenvalue weighted by Crippen LogP contribution is -2.10. The van der Waals surface area contributed by atoms with Crippen LogP contribution in [0.25, 0.3) is 0 Å². The Hall–Kier alpha value is -2.10. The first-order chi connectivity index (χ1) is 18.2. The average molecular weight is 685 g/mol. The molecule has 6 nitrogen and oxygen atoms in total. The highest BCUT2D eigenvalue weighted by atomic mass is 79.9. The minimum absolute atomic E-state index is 0.0509. The van der Waals surface area contributed by atoms with Crippen molar-refractivity contribution in [3.8, 4) is 0 Å². The van der Waals surface area contributed by atoms with Crippen molar-refractivity contribution in [3.63, 3.8) is 0 Å². The van der Waals surface area contributed by atoms with E-state index in [9.17, 15) is 19.2 Å². The lowest BCUT2D eigenvalue weighted by Gasteiger charge is -2.11. The molecule has 0 fully saturated rings. The monoisotopic (exact) mass is 682 g/mol. The van der Waals surface area contributed by atoms with Gasteiger partial charge in [-0.25, -0.2) is 0 Å². The summed E-state index contributed by atoms with van der Waals surface area (Å²) in [6, 6.07) is 11.8. The summed E-state index contributed by atoms with van der Waals surface area (Å²) >= 11 is 6.30. The molecule has 0 spiro atoms. The number of ketones is 2. The van der Waals surface area contributed by atoms with Gasteiger partial charge in [-0.2, -0.15) is 0 Å². The van der Waals surface area contributed by atoms with Gasteiger partial charge in [0, 0.05) is 45.1 Å². The quantitative estimate of drug-likeness (QED) is 0.159. The number of Topliss-reactive ketones (excluding diaryl/α,β-unsaturated/α-hetero) is 2. The molecule has 0 saturated carbocycles. The number of alkyl halides is 2. The molecule has 0 unspecified atom stereocenters. The normalized spacial score (nSPS) is 10.1. The molecule has 39 heavy (non-hydrogen) atoms. The molecule has 2 rings (SSSR count). The molecule has 0 radical (unpaired) electrons. The van der Waals surface area contributed by atoms with Gasteiger partial charge in [-0.15, -0.1) is 0 Å². The van der Waals surface area contributed by atoms with Crippen molar-refractivity contribution in [2.75, 3.05) is 21.3 Å². The number of halogens is 2. The van der Waals surface area contributed by atoms with Crippen LogP contribution in [-0.2, 0) is 9.59 Å². The molecule has 0 heterocycles. The van der Waals surface area contributed by atoms with Gasteiger partial charge in [0.25, 0.3) is 0 Å². The van der Waals surface area contributed by atoms with Crippen molar-refractivity contribution < 1.29 is 19.2 Å². The zero-order chi connectivity index (χ0) is 30.3. The van der Waals surface area contributed by atoms with Gasteiger partial charge in [0.15, 0.2) is 11.6 Å². The van der Waals surface area contributed by atoms with Crippen molar-refractivity contribution >= 4 is 75.4 Å². The van der Waals surface area contributed by atoms with Crippen molar-refractivity contribution in [1.82, 2.24) is 0 Å². The summed E-state index contributed by atoms with van der Waals surface area (Å²) in [6.45, 7) is 17.4. The van der Waals surface area contributed by atoms with E-state index in [0.717, 1.165) is 33.6 Å². The van der Waals surface area contributed by atoms with E-state index in [2.05, 4.69) is 63.3 Å². The van der Waals surface area contributed by atoms with E-state index in [1.807, 2.05) is 52.0 Å². The van der Waals surface area contributed by atoms with Gasteiger partial charge in [0.2, 0.25) is 11.8 Å². The zero-order valence-corrected chi connectivity index (χ0v) is 29.1. The highest BCUT2D eigenvalue weighted by Crippen LogP contribution is 2.22. The van der Waals surface area contributed by atoms with Crippen LogP contribution in [-0.4, -0.2) is 42.8 Å². The van der Waals surface area contributed by atoms with Gasteiger partial charge >= 0.3 is 0 Å². The molecule has 0 atom stereocenters. The van der Waals surface area contributed by atoms with Crippen molar-refractivity contribution in [1.29, 1.82) is 0 Å². The Bertz CT molecular complexity index is 1060. The van der Waals surface area contributed by atoms with E-state index in [4.69, 9.17) is 0 Å². The number of aryl methyl sites for hydroxylation is 4. The number of rotatable bonds is 9. The number of carbonyl (C=O) groups excluding carboxylic acids is 4. The Morgan fingerprint density at radius 3 is 1.13 bits per heavy atom. The third-order valence-electron chi connectivity index (χ3n) is 6.34. The highest BCUT2D eigenvalue weighted by molar-refractivity contribution is 9.09. The molecule has 2 amide bonds. The summed E-state index contributed by atoms with van der Waals surface area (Å²) < 4.78 is 0. The molecule has 0 aliphatic heterocycles. The predicted octanol–water partition coefficient (Wildman–Crippen LogP) is 7.95.